The van der Waals surface area contributed by atoms with Crippen molar-refractivity contribution in [3.63, 3.8) is 0 Å². The van der Waals surface area contributed by atoms with E-state index in [0.717, 1.165) is 47.1 Å². The van der Waals surface area contributed by atoms with E-state index in [1.54, 1.807) is 29.9 Å². The molecule has 194 valence electrons. The molecule has 1 aromatic carbocycles. The van der Waals surface area contributed by atoms with Gasteiger partial charge in [-0.2, -0.15) is 4.98 Å². The number of nitrogens with zero attached hydrogens (tertiary/aromatic N) is 6. The van der Waals surface area contributed by atoms with Crippen LogP contribution in [0.5, 0.6) is 5.75 Å². The van der Waals surface area contributed by atoms with E-state index in [2.05, 4.69) is 35.5 Å². The predicted molar refractivity (Wildman–Crippen MR) is 148 cm³/mol. The normalized spacial score (nSPS) is 14.9. The van der Waals surface area contributed by atoms with Crippen LogP contribution in [0.2, 0.25) is 5.02 Å². The lowest BCUT2D eigenvalue weighted by Crippen LogP contribution is -2.50. The van der Waals surface area contributed by atoms with Crippen LogP contribution in [0.1, 0.15) is 11.1 Å². The number of amides is 1. The zero-order valence-corrected chi connectivity index (χ0v) is 22.0. The maximum atomic E-state index is 13.0. The second-order valence-corrected chi connectivity index (χ2v) is 10.3. The van der Waals surface area contributed by atoms with Gasteiger partial charge in [0.2, 0.25) is 5.95 Å². The smallest absolute Gasteiger partial charge is 0.260 e. The Morgan fingerprint density at radius 1 is 1.03 bits per heavy atom. The molecule has 4 aromatic rings. The van der Waals surface area contributed by atoms with Crippen LogP contribution in [0.3, 0.4) is 0 Å². The fourth-order valence-corrected chi connectivity index (χ4v) is 5.33. The van der Waals surface area contributed by atoms with Gasteiger partial charge in [-0.1, -0.05) is 11.6 Å². The molecule has 2 aliphatic heterocycles. The summed E-state index contributed by atoms with van der Waals surface area (Å²) in [6, 6.07) is 7.80. The van der Waals surface area contributed by atoms with Gasteiger partial charge in [0.1, 0.15) is 10.8 Å². The van der Waals surface area contributed by atoms with E-state index < -0.39 is 0 Å². The molecular weight excluding hydrogens is 524 g/mol. The molecule has 1 fully saturated rings. The quantitative estimate of drug-likeness (QED) is 0.386. The molecule has 0 radical (unpaired) electrons. The highest BCUT2D eigenvalue weighted by Gasteiger charge is 2.23. The lowest BCUT2D eigenvalue weighted by atomic mass is 10.0. The van der Waals surface area contributed by atoms with E-state index in [1.807, 2.05) is 40.7 Å². The molecule has 0 spiro atoms. The van der Waals surface area contributed by atoms with Crippen molar-refractivity contribution < 1.29 is 9.53 Å². The third kappa shape index (κ3) is 5.48. The Labute approximate surface area is 228 Å². The maximum absolute atomic E-state index is 13.0. The van der Waals surface area contributed by atoms with E-state index in [0.29, 0.717) is 42.0 Å². The number of aromatic nitrogens is 4. The molecule has 2 aliphatic rings. The van der Waals surface area contributed by atoms with Crippen LogP contribution in [0.15, 0.2) is 54.4 Å². The lowest BCUT2D eigenvalue weighted by Gasteiger charge is -2.34. The number of halogens is 1. The number of fused-ring (bicyclic) bond motifs is 6. The van der Waals surface area contributed by atoms with Crippen molar-refractivity contribution in [2.24, 2.45) is 0 Å². The van der Waals surface area contributed by atoms with Crippen molar-refractivity contribution >= 4 is 57.1 Å². The number of carbonyl (C=O) groups excluding carboxylic acids is 1. The molecule has 0 aliphatic carbocycles. The molecular formula is C26H25ClN8O2S. The summed E-state index contributed by atoms with van der Waals surface area (Å²) in [5.74, 6) is 1.56. The van der Waals surface area contributed by atoms with Crippen LogP contribution in [0.25, 0.3) is 0 Å². The van der Waals surface area contributed by atoms with Gasteiger partial charge in [0, 0.05) is 49.6 Å². The van der Waals surface area contributed by atoms with Gasteiger partial charge in [-0.15, -0.1) is 11.3 Å². The third-order valence-corrected chi connectivity index (χ3v) is 7.58. The Morgan fingerprint density at radius 3 is 2.76 bits per heavy atom. The Kier molecular flexibility index (Phi) is 6.93. The molecule has 6 rings (SSSR count). The summed E-state index contributed by atoms with van der Waals surface area (Å²) in [7, 11) is 0. The van der Waals surface area contributed by atoms with Gasteiger partial charge in [0.05, 0.1) is 18.1 Å². The SMILES string of the molecule is O=C(COc1ccc2cc1CCc1cncc(c1)Nc1ncc(Cl)c(n1)N2)N1CCN(c2nccs2)CC1. The van der Waals surface area contributed by atoms with Crippen molar-refractivity contribution in [2.45, 2.75) is 12.8 Å². The number of piperazine rings is 1. The summed E-state index contributed by atoms with van der Waals surface area (Å²) >= 11 is 7.98. The Balaban J connectivity index is 1.18. The zero-order valence-electron chi connectivity index (χ0n) is 20.4. The number of ether oxygens (including phenoxy) is 1. The van der Waals surface area contributed by atoms with Gasteiger partial charge in [0.25, 0.3) is 5.91 Å². The first-order valence-electron chi connectivity index (χ1n) is 12.3. The first-order valence-corrected chi connectivity index (χ1v) is 13.5. The molecule has 12 heteroatoms. The van der Waals surface area contributed by atoms with Gasteiger partial charge < -0.3 is 25.2 Å². The van der Waals surface area contributed by atoms with E-state index >= 15 is 0 Å². The van der Waals surface area contributed by atoms with Gasteiger partial charge in [-0.3, -0.25) is 9.78 Å². The summed E-state index contributed by atoms with van der Waals surface area (Å²) in [5, 5.41) is 9.83. The number of anilines is 5. The number of pyridine rings is 1. The number of aryl methyl sites for hydroxylation is 2. The number of thiazole rings is 1. The monoisotopic (exact) mass is 548 g/mol. The molecule has 3 aromatic heterocycles. The van der Waals surface area contributed by atoms with Gasteiger partial charge in [-0.25, -0.2) is 9.97 Å². The van der Waals surface area contributed by atoms with Crippen molar-refractivity contribution in [3.8, 4) is 5.75 Å². The highest BCUT2D eigenvalue weighted by atomic mass is 35.5. The first-order chi connectivity index (χ1) is 18.6. The van der Waals surface area contributed by atoms with Crippen molar-refractivity contribution in [1.29, 1.82) is 0 Å². The Hall–Kier alpha value is -3.96. The van der Waals surface area contributed by atoms with E-state index in [4.69, 9.17) is 16.3 Å². The Morgan fingerprint density at radius 2 is 1.92 bits per heavy atom. The van der Waals surface area contributed by atoms with Crippen LogP contribution in [0.4, 0.5) is 28.3 Å². The topological polar surface area (TPSA) is 108 Å². The molecule has 6 bridgehead atoms. The van der Waals surface area contributed by atoms with Crippen LogP contribution >= 0.6 is 22.9 Å². The lowest BCUT2D eigenvalue weighted by molar-refractivity contribution is -0.133. The number of nitrogens with one attached hydrogen (secondary N) is 2. The molecule has 0 atom stereocenters. The van der Waals surface area contributed by atoms with Gasteiger partial charge in [-0.05, 0) is 48.2 Å². The average Bonchev–Trinajstić information content (AvgIpc) is 3.48. The van der Waals surface area contributed by atoms with Crippen molar-refractivity contribution in [2.75, 3.05) is 48.3 Å². The first kappa shape index (κ1) is 24.4. The summed E-state index contributed by atoms with van der Waals surface area (Å²) in [4.78, 5) is 34.5. The molecule has 10 nitrogen and oxygen atoms in total. The molecule has 0 unspecified atom stereocenters. The van der Waals surface area contributed by atoms with Crippen molar-refractivity contribution in [1.82, 2.24) is 24.8 Å². The van der Waals surface area contributed by atoms with Crippen molar-refractivity contribution in [3.05, 3.63) is 70.6 Å². The molecule has 38 heavy (non-hydrogen) atoms. The largest absolute Gasteiger partial charge is 0.483 e. The van der Waals surface area contributed by atoms with Crippen LogP contribution in [-0.4, -0.2) is 63.5 Å². The fraction of sp³-hybridized carbons (Fsp3) is 0.269. The van der Waals surface area contributed by atoms with Gasteiger partial charge >= 0.3 is 0 Å². The van der Waals surface area contributed by atoms with E-state index in [9.17, 15) is 4.79 Å². The number of hydrogen-bond acceptors (Lipinski definition) is 10. The van der Waals surface area contributed by atoms with E-state index in [-0.39, 0.29) is 12.5 Å². The number of carbonyl (C=O) groups is 1. The van der Waals surface area contributed by atoms with Crippen LogP contribution in [0, 0.1) is 0 Å². The minimum atomic E-state index is -0.0221. The second kappa shape index (κ2) is 10.8. The van der Waals surface area contributed by atoms with Crippen LogP contribution in [-0.2, 0) is 17.6 Å². The minimum absolute atomic E-state index is 0.0148. The third-order valence-electron chi connectivity index (χ3n) is 6.47. The van der Waals surface area contributed by atoms with Crippen LogP contribution < -0.4 is 20.3 Å². The summed E-state index contributed by atoms with van der Waals surface area (Å²) in [5.41, 5.74) is 3.63. The Bertz CT molecular complexity index is 1440. The minimum Gasteiger partial charge on any atom is -0.483 e. The summed E-state index contributed by atoms with van der Waals surface area (Å²) in [6.45, 7) is 2.81. The molecule has 2 N–H and O–H groups in total. The second-order valence-electron chi connectivity index (χ2n) is 9.02. The summed E-state index contributed by atoms with van der Waals surface area (Å²) < 4.78 is 6.08. The molecule has 1 saturated heterocycles. The highest BCUT2D eigenvalue weighted by Crippen LogP contribution is 2.30. The standard InChI is InChI=1S/C26H25ClN8O2S/c27-21-15-30-25-32-20-11-17(13-28-14-20)1-2-18-12-19(31-24(21)33-25)3-4-22(18)37-16-23(36)34-6-8-35(9-7-34)26-29-5-10-38-26/h3-5,10-15H,1-2,6-9,16H2,(H2,30,31,32,33). The zero-order chi connectivity index (χ0) is 25.9. The summed E-state index contributed by atoms with van der Waals surface area (Å²) in [6.07, 6.45) is 8.38. The van der Waals surface area contributed by atoms with Gasteiger partial charge in [0.15, 0.2) is 17.6 Å². The number of rotatable bonds is 4. The number of hydrogen-bond donors (Lipinski definition) is 2. The molecule has 0 saturated carbocycles. The molecule has 5 heterocycles. The maximum Gasteiger partial charge on any atom is 0.260 e. The van der Waals surface area contributed by atoms with E-state index in [1.165, 1.54) is 0 Å². The number of benzene rings is 1. The average molecular weight is 549 g/mol. The molecule has 1 amide bonds. The fourth-order valence-electron chi connectivity index (χ4n) is 4.50. The highest BCUT2D eigenvalue weighted by molar-refractivity contribution is 7.13. The predicted octanol–water partition coefficient (Wildman–Crippen LogP) is 4.29.